The van der Waals surface area contributed by atoms with E-state index in [1.807, 2.05) is 18.2 Å². The molecule has 0 bridgehead atoms. The monoisotopic (exact) mass is 371 g/mol. The molecule has 3 N–H and O–H groups in total. The van der Waals surface area contributed by atoms with Crippen LogP contribution in [0.15, 0.2) is 35.1 Å². The average molecular weight is 371 g/mol. The first-order valence-electron chi connectivity index (χ1n) is 7.67. The fourth-order valence-electron chi connectivity index (χ4n) is 3.05. The Labute approximate surface area is 172 Å². The van der Waals surface area contributed by atoms with Crippen LogP contribution in [0.4, 0.5) is 0 Å². The van der Waals surface area contributed by atoms with Crippen LogP contribution in [-0.2, 0) is 14.4 Å². The molecule has 2 amide bonds. The van der Waals surface area contributed by atoms with E-state index >= 15 is 0 Å². The summed E-state index contributed by atoms with van der Waals surface area (Å²) in [6.07, 6.45) is 7.22. The van der Waals surface area contributed by atoms with Gasteiger partial charge in [0.25, 0.3) is 5.91 Å². The van der Waals surface area contributed by atoms with Crippen molar-refractivity contribution in [3.8, 4) is 0 Å². The minimum Gasteiger partial charge on any atom is -0.543 e. The molecule has 3 aliphatic rings. The zero-order valence-corrected chi connectivity index (χ0v) is 17.0. The van der Waals surface area contributed by atoms with E-state index in [9.17, 15) is 19.5 Å². The molecule has 7 nitrogen and oxygen atoms in total. The van der Waals surface area contributed by atoms with Gasteiger partial charge in [-0.3, -0.25) is 14.5 Å². The van der Waals surface area contributed by atoms with Crippen molar-refractivity contribution in [1.82, 2.24) is 10.2 Å². The standard InChI is InChI=1S/C16H19N3O4S.Na/c1-8-7-24-15-11(14(21)19(15)12(8)16(22)23)18-13(20)10(17)9-5-3-2-4-6-9;/h2-3,6,10-11,15H,4-5,7,17H2,1H3,(H,18,20)(H,22,23);/q;+1/p-1/t10-,11-,15-;/m1./s1. The summed E-state index contributed by atoms with van der Waals surface area (Å²) < 4.78 is 0. The molecule has 3 atom stereocenters. The first-order valence-corrected chi connectivity index (χ1v) is 8.72. The third-order valence-corrected chi connectivity index (χ3v) is 5.79. The van der Waals surface area contributed by atoms with Gasteiger partial charge >= 0.3 is 29.6 Å². The molecule has 0 aromatic rings. The largest absolute Gasteiger partial charge is 1.00 e. The van der Waals surface area contributed by atoms with Gasteiger partial charge < -0.3 is 21.0 Å². The van der Waals surface area contributed by atoms with Gasteiger partial charge in [-0.15, -0.1) is 11.8 Å². The van der Waals surface area contributed by atoms with E-state index in [1.54, 1.807) is 6.92 Å². The number of thioether (sulfide) groups is 1. The van der Waals surface area contributed by atoms with E-state index in [0.717, 1.165) is 12.0 Å². The van der Waals surface area contributed by atoms with Crippen LogP contribution in [0.25, 0.3) is 0 Å². The second kappa shape index (κ2) is 8.09. The summed E-state index contributed by atoms with van der Waals surface area (Å²) in [6.45, 7) is 1.66. The van der Waals surface area contributed by atoms with E-state index in [-0.39, 0.29) is 35.3 Å². The van der Waals surface area contributed by atoms with Crippen molar-refractivity contribution in [2.24, 2.45) is 5.73 Å². The Morgan fingerprint density at radius 3 is 2.76 bits per heavy atom. The fourth-order valence-corrected chi connectivity index (χ4v) is 4.34. The molecule has 0 saturated carbocycles. The van der Waals surface area contributed by atoms with Gasteiger partial charge in [0.05, 0.1) is 11.7 Å². The van der Waals surface area contributed by atoms with Crippen LogP contribution in [0.5, 0.6) is 0 Å². The van der Waals surface area contributed by atoms with Crippen molar-refractivity contribution < 1.29 is 49.0 Å². The number of aliphatic carboxylic acids is 1. The van der Waals surface area contributed by atoms with Gasteiger partial charge in [-0.25, -0.2) is 0 Å². The number of carboxylic acids is 1. The Hall–Kier alpha value is -1.06. The maximum absolute atomic E-state index is 12.3. The minimum absolute atomic E-state index is 0. The molecule has 2 aliphatic heterocycles. The van der Waals surface area contributed by atoms with Crippen molar-refractivity contribution in [1.29, 1.82) is 0 Å². The number of rotatable bonds is 4. The van der Waals surface area contributed by atoms with Crippen molar-refractivity contribution in [2.75, 3.05) is 5.75 Å². The van der Waals surface area contributed by atoms with Crippen molar-refractivity contribution in [3.05, 3.63) is 35.1 Å². The van der Waals surface area contributed by atoms with E-state index < -0.39 is 35.2 Å². The topological polar surface area (TPSA) is 116 Å². The van der Waals surface area contributed by atoms with Crippen LogP contribution in [0, 0.1) is 0 Å². The van der Waals surface area contributed by atoms with Crippen LogP contribution in [0.1, 0.15) is 19.8 Å². The van der Waals surface area contributed by atoms with Crippen LogP contribution >= 0.6 is 11.8 Å². The number of carboxylic acid groups (broad SMARTS) is 1. The van der Waals surface area contributed by atoms with Gasteiger partial charge in [-0.2, -0.15) is 0 Å². The van der Waals surface area contributed by atoms with Crippen LogP contribution < -0.4 is 45.7 Å². The summed E-state index contributed by atoms with van der Waals surface area (Å²) in [4.78, 5) is 37.1. The summed E-state index contributed by atoms with van der Waals surface area (Å²) in [5.41, 5.74) is 7.29. The van der Waals surface area contributed by atoms with Gasteiger partial charge in [0.15, 0.2) is 0 Å². The molecule has 1 aliphatic carbocycles. The zero-order valence-electron chi connectivity index (χ0n) is 14.2. The summed E-state index contributed by atoms with van der Waals surface area (Å²) in [7, 11) is 0. The number of allylic oxidation sites excluding steroid dienone is 3. The van der Waals surface area contributed by atoms with E-state index in [1.165, 1.54) is 16.7 Å². The molecule has 0 spiro atoms. The molecular formula is C16H18N3NaO4S. The quantitative estimate of drug-likeness (QED) is 0.296. The maximum atomic E-state index is 12.3. The van der Waals surface area contributed by atoms with Crippen LogP contribution in [0.3, 0.4) is 0 Å². The second-order valence-electron chi connectivity index (χ2n) is 5.98. The molecule has 0 unspecified atom stereocenters. The van der Waals surface area contributed by atoms with E-state index in [4.69, 9.17) is 5.73 Å². The van der Waals surface area contributed by atoms with Gasteiger partial charge in [-0.05, 0) is 30.9 Å². The first-order chi connectivity index (χ1) is 11.4. The molecule has 1 fully saturated rings. The minimum atomic E-state index is -1.37. The second-order valence-corrected chi connectivity index (χ2v) is 7.09. The number of carbonyl (C=O) groups is 3. The molecule has 3 rings (SSSR count). The summed E-state index contributed by atoms with van der Waals surface area (Å²) in [5, 5.41) is 13.5. The van der Waals surface area contributed by atoms with Gasteiger partial charge in [0.1, 0.15) is 17.5 Å². The third-order valence-electron chi connectivity index (χ3n) is 4.37. The third kappa shape index (κ3) is 3.73. The molecule has 25 heavy (non-hydrogen) atoms. The molecule has 2 heterocycles. The fraction of sp³-hybridized carbons (Fsp3) is 0.438. The number of β-lactam (4-membered cyclic amide) rings is 1. The number of hydrogen-bond acceptors (Lipinski definition) is 6. The maximum Gasteiger partial charge on any atom is 1.00 e. The first kappa shape index (κ1) is 20.3. The molecule has 0 aromatic carbocycles. The summed E-state index contributed by atoms with van der Waals surface area (Å²) in [6, 6.07) is -1.56. The molecule has 1 saturated heterocycles. The predicted octanol–water partition coefficient (Wildman–Crippen LogP) is -3.98. The Morgan fingerprint density at radius 2 is 2.16 bits per heavy atom. The Morgan fingerprint density at radius 1 is 1.44 bits per heavy atom. The smallest absolute Gasteiger partial charge is 0.543 e. The number of nitrogens with two attached hydrogens (primary N) is 1. The SMILES string of the molecule is CC1=C(C(=O)[O-])N2C(=O)[C@@H](NC(=O)[C@H](N)C3=CCC=CC3)[C@H]2SC1.[Na+]. The summed E-state index contributed by atoms with van der Waals surface area (Å²) >= 11 is 1.42. The number of amides is 2. The number of nitrogens with zero attached hydrogens (tertiary/aromatic N) is 1. The van der Waals surface area contributed by atoms with Crippen LogP contribution in [0.2, 0.25) is 0 Å². The molecule has 0 aromatic heterocycles. The average Bonchev–Trinajstić information content (AvgIpc) is 2.59. The number of fused-ring (bicyclic) bond motifs is 1. The number of nitrogens with one attached hydrogen (secondary N) is 1. The molecule has 128 valence electrons. The zero-order chi connectivity index (χ0) is 17.4. The normalized spacial score (nSPS) is 26.1. The van der Waals surface area contributed by atoms with Crippen LogP contribution in [-0.4, -0.2) is 45.9 Å². The van der Waals surface area contributed by atoms with Crippen molar-refractivity contribution in [2.45, 2.75) is 37.2 Å². The molecular weight excluding hydrogens is 353 g/mol. The number of carbonyl (C=O) groups excluding carboxylic acids is 3. The molecule has 0 radical (unpaired) electrons. The Kier molecular flexibility index (Phi) is 6.56. The molecule has 9 heteroatoms. The Bertz CT molecular complexity index is 703. The van der Waals surface area contributed by atoms with E-state index in [0.29, 0.717) is 17.7 Å². The van der Waals surface area contributed by atoms with Gasteiger partial charge in [-0.1, -0.05) is 18.2 Å². The predicted molar refractivity (Wildman–Crippen MR) is 87.2 cm³/mol. The number of hydrogen-bond donors (Lipinski definition) is 2. The van der Waals surface area contributed by atoms with Gasteiger partial charge in [0.2, 0.25) is 5.91 Å². The van der Waals surface area contributed by atoms with E-state index in [2.05, 4.69) is 5.32 Å². The Balaban J connectivity index is 0.00000225. The summed E-state index contributed by atoms with van der Waals surface area (Å²) in [5.74, 6) is -1.75. The van der Waals surface area contributed by atoms with Gasteiger partial charge in [0, 0.05) is 5.75 Å². The van der Waals surface area contributed by atoms with Crippen molar-refractivity contribution >= 4 is 29.5 Å². The van der Waals surface area contributed by atoms with Crippen molar-refractivity contribution in [3.63, 3.8) is 0 Å².